The van der Waals surface area contributed by atoms with E-state index in [1.54, 1.807) is 7.05 Å². The van der Waals surface area contributed by atoms with Crippen LogP contribution >= 0.6 is 23.5 Å². The molecule has 0 saturated carbocycles. The number of carboxylic acids is 1. The molecular weight excluding hydrogens is 474 g/mol. The van der Waals surface area contributed by atoms with Crippen molar-refractivity contribution in [2.45, 2.75) is 16.6 Å². The minimum absolute atomic E-state index is 0.0303. The number of nitrogens with one attached hydrogen (secondary N) is 1. The van der Waals surface area contributed by atoms with E-state index in [4.69, 9.17) is 0 Å². The second-order valence-corrected chi connectivity index (χ2v) is 9.03. The Labute approximate surface area is 194 Å². The number of aromatic nitrogens is 4. The molecule has 2 aromatic rings. The summed E-state index contributed by atoms with van der Waals surface area (Å²) in [4.78, 5) is 38.5. The minimum atomic E-state index is -1.24. The molecule has 0 aliphatic carbocycles. The van der Waals surface area contributed by atoms with Crippen molar-refractivity contribution in [1.29, 1.82) is 0 Å². The maximum Gasteiger partial charge on any atom is 0.352 e. The largest absolute Gasteiger partial charge is 0.508 e. The number of carboxylic acid groups (broad SMARTS) is 1. The number of rotatable bonds is 7. The number of amides is 2. The SMILES string of the molecule is Cn1nnnc1SCC1=C(C(=O)O)N2C(=O)C(NC(=O)C(=NO)c3ccc(O)cc3)[C@H]2SC1. The van der Waals surface area contributed by atoms with Crippen molar-refractivity contribution >= 4 is 47.0 Å². The molecule has 1 fully saturated rings. The van der Waals surface area contributed by atoms with Gasteiger partial charge in [-0.2, -0.15) is 0 Å². The van der Waals surface area contributed by atoms with Crippen molar-refractivity contribution in [1.82, 2.24) is 30.4 Å². The lowest BCUT2D eigenvalue weighted by atomic mass is 10.0. The number of phenols is 1. The smallest absolute Gasteiger partial charge is 0.352 e. The van der Waals surface area contributed by atoms with Gasteiger partial charge in [-0.15, -0.1) is 16.9 Å². The van der Waals surface area contributed by atoms with Gasteiger partial charge in [0.25, 0.3) is 11.8 Å². The Balaban J connectivity index is 1.48. The molecule has 0 bridgehead atoms. The number of aliphatic carboxylic acids is 1. The number of hydrogen-bond donors (Lipinski definition) is 4. The van der Waals surface area contributed by atoms with Gasteiger partial charge in [-0.05, 0) is 40.3 Å². The van der Waals surface area contributed by atoms with Crippen LogP contribution in [0.1, 0.15) is 5.56 Å². The summed E-state index contributed by atoms with van der Waals surface area (Å²) in [5, 5.41) is 44.9. The van der Waals surface area contributed by atoms with Gasteiger partial charge in [0, 0.05) is 24.1 Å². The molecule has 15 heteroatoms. The van der Waals surface area contributed by atoms with Crippen LogP contribution in [0.4, 0.5) is 0 Å². The quantitative estimate of drug-likeness (QED) is 0.130. The highest BCUT2D eigenvalue weighted by atomic mass is 32.2. The van der Waals surface area contributed by atoms with Gasteiger partial charge in [0.15, 0.2) is 5.71 Å². The number of phenolic OH excluding ortho intramolecular Hbond substituents is 1. The molecule has 172 valence electrons. The lowest BCUT2D eigenvalue weighted by Crippen LogP contribution is -2.71. The first-order chi connectivity index (χ1) is 15.8. The predicted octanol–water partition coefficient (Wildman–Crippen LogP) is -0.375. The fourth-order valence-electron chi connectivity index (χ4n) is 3.35. The summed E-state index contributed by atoms with van der Waals surface area (Å²) < 4.78 is 1.46. The highest BCUT2D eigenvalue weighted by Gasteiger charge is 2.54. The van der Waals surface area contributed by atoms with E-state index in [1.165, 1.54) is 52.5 Å². The molecule has 13 nitrogen and oxygen atoms in total. The molecule has 4 rings (SSSR count). The second kappa shape index (κ2) is 9.11. The third-order valence-corrected chi connectivity index (χ3v) is 7.39. The number of thioether (sulfide) groups is 2. The highest BCUT2D eigenvalue weighted by Crippen LogP contribution is 2.41. The Bertz CT molecular complexity index is 1180. The van der Waals surface area contributed by atoms with E-state index in [-0.39, 0.29) is 28.5 Å². The van der Waals surface area contributed by atoms with E-state index in [1.807, 2.05) is 0 Å². The van der Waals surface area contributed by atoms with Crippen molar-refractivity contribution in [2.75, 3.05) is 11.5 Å². The topological polar surface area (TPSA) is 183 Å². The van der Waals surface area contributed by atoms with Crippen LogP contribution in [0.15, 0.2) is 45.8 Å². The molecule has 1 aromatic carbocycles. The number of hydrogen-bond acceptors (Lipinski definition) is 11. The Morgan fingerprint density at radius 2 is 2.06 bits per heavy atom. The Kier molecular flexibility index (Phi) is 6.24. The Morgan fingerprint density at radius 3 is 2.67 bits per heavy atom. The number of fused-ring (bicyclic) bond motifs is 1. The molecule has 2 atom stereocenters. The number of tetrazole rings is 1. The van der Waals surface area contributed by atoms with E-state index >= 15 is 0 Å². The lowest BCUT2D eigenvalue weighted by molar-refractivity contribution is -0.150. The fraction of sp³-hybridized carbons (Fsp3) is 0.278. The molecule has 0 radical (unpaired) electrons. The first-order valence-electron chi connectivity index (χ1n) is 9.39. The zero-order valence-electron chi connectivity index (χ0n) is 16.9. The van der Waals surface area contributed by atoms with Crippen LogP contribution in [0.5, 0.6) is 5.75 Å². The van der Waals surface area contributed by atoms with Crippen molar-refractivity contribution in [3.8, 4) is 5.75 Å². The van der Waals surface area contributed by atoms with Gasteiger partial charge in [-0.1, -0.05) is 16.9 Å². The molecule has 1 aromatic heterocycles. The van der Waals surface area contributed by atoms with E-state index in [9.17, 15) is 29.8 Å². The number of aromatic hydroxyl groups is 1. The number of carbonyl (C=O) groups excluding carboxylic acids is 2. The lowest BCUT2D eigenvalue weighted by Gasteiger charge is -2.49. The van der Waals surface area contributed by atoms with E-state index in [2.05, 4.69) is 26.0 Å². The molecular formula is C18H17N7O6S2. The van der Waals surface area contributed by atoms with Gasteiger partial charge in [0.2, 0.25) is 5.16 Å². The summed E-state index contributed by atoms with van der Waals surface area (Å²) in [5.41, 5.74) is 0.310. The Morgan fingerprint density at radius 1 is 1.33 bits per heavy atom. The Hall–Kier alpha value is -3.59. The van der Waals surface area contributed by atoms with E-state index in [0.717, 1.165) is 4.90 Å². The number of benzene rings is 1. The monoisotopic (exact) mass is 491 g/mol. The molecule has 2 aliphatic heterocycles. The normalized spacial score (nSPS) is 20.3. The maximum absolute atomic E-state index is 12.8. The third kappa shape index (κ3) is 4.23. The maximum atomic E-state index is 12.8. The summed E-state index contributed by atoms with van der Waals surface area (Å²) in [6.07, 6.45) is 0. The average Bonchev–Trinajstić information content (AvgIpc) is 3.21. The van der Waals surface area contributed by atoms with Gasteiger partial charge < -0.3 is 20.7 Å². The first kappa shape index (κ1) is 22.6. The molecule has 2 aliphatic rings. The standard InChI is InChI=1S/C18H17N7O6S2/c1-24-18(20-22-23-24)33-7-9-6-32-16-12(15(28)25(16)13(9)17(29)30)19-14(27)11(21-31)8-2-4-10(26)5-3-8/h2-5,12,16,26,31H,6-7H2,1H3,(H,19,27)(H,29,30)/t12?,16-/m1/s1. The van der Waals surface area contributed by atoms with Crippen LogP contribution in [0.3, 0.4) is 0 Å². The van der Waals surface area contributed by atoms with Crippen LogP contribution in [0.25, 0.3) is 0 Å². The number of carbonyl (C=O) groups is 3. The molecule has 4 N–H and O–H groups in total. The van der Waals surface area contributed by atoms with Gasteiger partial charge in [0.1, 0.15) is 22.9 Å². The molecule has 3 heterocycles. The number of aryl methyl sites for hydroxylation is 1. The van der Waals surface area contributed by atoms with E-state index in [0.29, 0.717) is 16.5 Å². The van der Waals surface area contributed by atoms with Crippen LogP contribution < -0.4 is 5.32 Å². The average molecular weight is 492 g/mol. The van der Waals surface area contributed by atoms with Crippen molar-refractivity contribution in [2.24, 2.45) is 12.2 Å². The number of β-lactam (4-membered cyclic amide) rings is 1. The summed E-state index contributed by atoms with van der Waals surface area (Å²) in [6, 6.07) is 4.43. The van der Waals surface area contributed by atoms with Crippen molar-refractivity contribution in [3.63, 3.8) is 0 Å². The summed E-state index contributed by atoms with van der Waals surface area (Å²) in [6.45, 7) is 0. The minimum Gasteiger partial charge on any atom is -0.508 e. The van der Waals surface area contributed by atoms with Gasteiger partial charge in [-0.3, -0.25) is 14.5 Å². The van der Waals surface area contributed by atoms with Crippen molar-refractivity contribution < 1.29 is 29.8 Å². The summed E-state index contributed by atoms with van der Waals surface area (Å²) >= 11 is 2.57. The van der Waals surface area contributed by atoms with Gasteiger partial charge >= 0.3 is 5.97 Å². The van der Waals surface area contributed by atoms with Crippen LogP contribution in [-0.4, -0.2) is 86.9 Å². The van der Waals surface area contributed by atoms with E-state index < -0.39 is 29.2 Å². The summed E-state index contributed by atoms with van der Waals surface area (Å²) in [7, 11) is 1.66. The van der Waals surface area contributed by atoms with Gasteiger partial charge in [-0.25, -0.2) is 9.48 Å². The van der Waals surface area contributed by atoms with Crippen molar-refractivity contribution in [3.05, 3.63) is 41.1 Å². The van der Waals surface area contributed by atoms with Crippen LogP contribution in [-0.2, 0) is 21.4 Å². The third-order valence-electron chi connectivity index (χ3n) is 4.95. The zero-order valence-corrected chi connectivity index (χ0v) is 18.6. The van der Waals surface area contributed by atoms with Crippen LogP contribution in [0.2, 0.25) is 0 Å². The fourth-order valence-corrected chi connectivity index (χ4v) is 5.69. The molecule has 1 saturated heterocycles. The van der Waals surface area contributed by atoms with Crippen LogP contribution in [0, 0.1) is 0 Å². The second-order valence-electron chi connectivity index (χ2n) is 6.99. The zero-order chi connectivity index (χ0) is 23.7. The summed E-state index contributed by atoms with van der Waals surface area (Å²) in [5.74, 6) is -2.05. The first-order valence-corrected chi connectivity index (χ1v) is 11.4. The predicted molar refractivity (Wildman–Crippen MR) is 116 cm³/mol. The number of oxime groups is 1. The molecule has 1 unspecified atom stereocenters. The molecule has 0 spiro atoms. The molecule has 2 amide bonds. The number of nitrogens with zero attached hydrogens (tertiary/aromatic N) is 6. The van der Waals surface area contributed by atoms with Gasteiger partial charge in [0.05, 0.1) is 0 Å². The highest BCUT2D eigenvalue weighted by molar-refractivity contribution is 8.01. The molecule has 33 heavy (non-hydrogen) atoms.